The van der Waals surface area contributed by atoms with Gasteiger partial charge in [-0.15, -0.1) is 0 Å². The van der Waals surface area contributed by atoms with Gasteiger partial charge in [-0.2, -0.15) is 9.61 Å². The Morgan fingerprint density at radius 3 is 2.46 bits per heavy atom. The van der Waals surface area contributed by atoms with Gasteiger partial charge in [-0.1, -0.05) is 6.92 Å². The van der Waals surface area contributed by atoms with Crippen LogP contribution in [0.15, 0.2) is 30.3 Å². The van der Waals surface area contributed by atoms with Crippen molar-refractivity contribution in [2.24, 2.45) is 0 Å². The standard InChI is InChI=1S/C22H28N4O2/c1-5-17-8-6-7-9-25(17)22-10-15(2)23-21-14-20(24-26(21)22)16-11-18(27-3)13-19(12-16)28-4/h10-14,17H,5-9H2,1-4H3/t17-/m0/s1. The topological polar surface area (TPSA) is 51.9 Å². The normalized spacial score (nSPS) is 17.1. The van der Waals surface area contributed by atoms with Crippen LogP contribution in [0.5, 0.6) is 11.5 Å². The predicted octanol–water partition coefficient (Wildman–Crippen LogP) is 4.49. The molecule has 28 heavy (non-hydrogen) atoms. The molecule has 148 valence electrons. The van der Waals surface area contributed by atoms with Crippen LogP contribution in [0.1, 0.15) is 38.3 Å². The van der Waals surface area contributed by atoms with Gasteiger partial charge < -0.3 is 14.4 Å². The average molecular weight is 380 g/mol. The molecule has 1 saturated heterocycles. The van der Waals surface area contributed by atoms with Crippen molar-refractivity contribution >= 4 is 11.5 Å². The van der Waals surface area contributed by atoms with Crippen molar-refractivity contribution in [1.82, 2.24) is 14.6 Å². The number of rotatable bonds is 5. The van der Waals surface area contributed by atoms with Gasteiger partial charge in [0.25, 0.3) is 0 Å². The van der Waals surface area contributed by atoms with Crippen molar-refractivity contribution < 1.29 is 9.47 Å². The van der Waals surface area contributed by atoms with E-state index in [4.69, 9.17) is 19.6 Å². The summed E-state index contributed by atoms with van der Waals surface area (Å²) in [6, 6.07) is 10.6. The maximum atomic E-state index is 5.42. The van der Waals surface area contributed by atoms with Crippen LogP contribution in [-0.4, -0.2) is 41.4 Å². The van der Waals surface area contributed by atoms with Gasteiger partial charge in [0.1, 0.15) is 17.3 Å². The van der Waals surface area contributed by atoms with Crippen LogP contribution in [0.25, 0.3) is 16.9 Å². The largest absolute Gasteiger partial charge is 0.497 e. The lowest BCUT2D eigenvalue weighted by molar-refractivity contribution is 0.394. The third-order valence-corrected chi connectivity index (χ3v) is 5.58. The van der Waals surface area contributed by atoms with Crippen LogP contribution >= 0.6 is 0 Å². The van der Waals surface area contributed by atoms with Crippen LogP contribution in [0.2, 0.25) is 0 Å². The Hall–Kier alpha value is -2.76. The zero-order valence-electron chi connectivity index (χ0n) is 17.1. The molecule has 3 heterocycles. The van der Waals surface area contributed by atoms with E-state index in [0.29, 0.717) is 6.04 Å². The molecule has 2 aromatic heterocycles. The van der Waals surface area contributed by atoms with Gasteiger partial charge in [0, 0.05) is 42.0 Å². The molecule has 0 unspecified atom stereocenters. The van der Waals surface area contributed by atoms with Crippen molar-refractivity contribution in [3.63, 3.8) is 0 Å². The van der Waals surface area contributed by atoms with Gasteiger partial charge in [0.2, 0.25) is 0 Å². The van der Waals surface area contributed by atoms with E-state index in [1.807, 2.05) is 28.8 Å². The first-order valence-electron chi connectivity index (χ1n) is 10.0. The Morgan fingerprint density at radius 2 is 1.79 bits per heavy atom. The summed E-state index contributed by atoms with van der Waals surface area (Å²) in [4.78, 5) is 7.23. The average Bonchev–Trinajstić information content (AvgIpc) is 3.16. The molecule has 0 radical (unpaired) electrons. The maximum absolute atomic E-state index is 5.42. The van der Waals surface area contributed by atoms with E-state index in [1.165, 1.54) is 19.3 Å². The monoisotopic (exact) mass is 380 g/mol. The summed E-state index contributed by atoms with van der Waals surface area (Å²) < 4.78 is 12.8. The van der Waals surface area contributed by atoms with Gasteiger partial charge in [-0.05, 0) is 44.7 Å². The molecule has 1 aliphatic rings. The minimum atomic E-state index is 0.559. The SMILES string of the molecule is CC[C@H]1CCCCN1c1cc(C)nc2cc(-c3cc(OC)cc(OC)c3)nn12. The van der Waals surface area contributed by atoms with E-state index < -0.39 is 0 Å². The van der Waals surface area contributed by atoms with Gasteiger partial charge in [0.15, 0.2) is 5.65 Å². The molecule has 1 aliphatic heterocycles. The van der Waals surface area contributed by atoms with Crippen molar-refractivity contribution in [1.29, 1.82) is 0 Å². The lowest BCUT2D eigenvalue weighted by Gasteiger charge is -2.37. The summed E-state index contributed by atoms with van der Waals surface area (Å²) in [5, 5.41) is 4.92. The fourth-order valence-electron chi connectivity index (χ4n) is 4.11. The van der Waals surface area contributed by atoms with E-state index in [0.717, 1.165) is 52.9 Å². The summed E-state index contributed by atoms with van der Waals surface area (Å²) in [6.45, 7) is 5.39. The number of benzene rings is 1. The van der Waals surface area contributed by atoms with Crippen LogP contribution in [0, 0.1) is 6.92 Å². The number of aryl methyl sites for hydroxylation is 1. The fourth-order valence-corrected chi connectivity index (χ4v) is 4.11. The highest BCUT2D eigenvalue weighted by atomic mass is 16.5. The van der Waals surface area contributed by atoms with Gasteiger partial charge in [0.05, 0.1) is 19.9 Å². The minimum absolute atomic E-state index is 0.559. The molecule has 6 nitrogen and oxygen atoms in total. The highest BCUT2D eigenvalue weighted by molar-refractivity contribution is 5.69. The molecular weight excluding hydrogens is 352 g/mol. The number of fused-ring (bicyclic) bond motifs is 1. The Morgan fingerprint density at radius 1 is 1.04 bits per heavy atom. The quantitative estimate of drug-likeness (QED) is 0.653. The molecule has 0 saturated carbocycles. The van der Waals surface area contributed by atoms with Crippen molar-refractivity contribution in [3.05, 3.63) is 36.0 Å². The molecular formula is C22H28N4O2. The maximum Gasteiger partial charge on any atom is 0.158 e. The second-order valence-corrected chi connectivity index (χ2v) is 7.41. The third kappa shape index (κ3) is 3.39. The van der Waals surface area contributed by atoms with Gasteiger partial charge >= 0.3 is 0 Å². The van der Waals surface area contributed by atoms with E-state index in [1.54, 1.807) is 14.2 Å². The second kappa shape index (κ2) is 7.70. The fraction of sp³-hybridized carbons (Fsp3) is 0.455. The number of aromatic nitrogens is 3. The molecule has 4 rings (SSSR count). The highest BCUT2D eigenvalue weighted by Crippen LogP contribution is 2.32. The number of hydrogen-bond acceptors (Lipinski definition) is 5. The van der Waals surface area contributed by atoms with E-state index in [9.17, 15) is 0 Å². The molecule has 0 aliphatic carbocycles. The summed E-state index contributed by atoms with van der Waals surface area (Å²) in [5.41, 5.74) is 3.70. The smallest absolute Gasteiger partial charge is 0.158 e. The van der Waals surface area contributed by atoms with E-state index >= 15 is 0 Å². The molecule has 1 atom stereocenters. The zero-order valence-corrected chi connectivity index (χ0v) is 17.1. The Labute approximate surface area is 166 Å². The molecule has 6 heteroatoms. The molecule has 0 bridgehead atoms. The van der Waals surface area contributed by atoms with Crippen LogP contribution in [-0.2, 0) is 0 Å². The second-order valence-electron chi connectivity index (χ2n) is 7.41. The summed E-state index contributed by atoms with van der Waals surface area (Å²) in [6.07, 6.45) is 4.90. The predicted molar refractivity (Wildman–Crippen MR) is 112 cm³/mol. The van der Waals surface area contributed by atoms with Gasteiger partial charge in [-0.3, -0.25) is 0 Å². The van der Waals surface area contributed by atoms with Gasteiger partial charge in [-0.25, -0.2) is 4.98 Å². The number of anilines is 1. The number of ether oxygens (including phenoxy) is 2. The zero-order chi connectivity index (χ0) is 19.7. The number of methoxy groups -OCH3 is 2. The van der Waals surface area contributed by atoms with Crippen LogP contribution in [0.3, 0.4) is 0 Å². The number of nitrogens with zero attached hydrogens (tertiary/aromatic N) is 4. The van der Waals surface area contributed by atoms with Crippen molar-refractivity contribution in [2.45, 2.75) is 45.6 Å². The summed E-state index contributed by atoms with van der Waals surface area (Å²) in [5.74, 6) is 2.63. The molecule has 1 fully saturated rings. The van der Waals surface area contributed by atoms with E-state index in [-0.39, 0.29) is 0 Å². The Balaban J connectivity index is 1.83. The van der Waals surface area contributed by atoms with E-state index in [2.05, 4.69) is 24.8 Å². The molecule has 1 aromatic carbocycles. The summed E-state index contributed by atoms with van der Waals surface area (Å²) >= 11 is 0. The molecule has 0 spiro atoms. The lowest BCUT2D eigenvalue weighted by Crippen LogP contribution is -2.40. The first-order chi connectivity index (χ1) is 13.6. The minimum Gasteiger partial charge on any atom is -0.497 e. The Bertz CT molecular complexity index is 960. The molecule has 0 amide bonds. The van der Waals surface area contributed by atoms with Crippen LogP contribution < -0.4 is 14.4 Å². The number of hydrogen-bond donors (Lipinski definition) is 0. The lowest BCUT2D eigenvalue weighted by atomic mass is 10.00. The van der Waals surface area contributed by atoms with Crippen LogP contribution in [0.4, 0.5) is 5.82 Å². The first kappa shape index (κ1) is 18.6. The highest BCUT2D eigenvalue weighted by Gasteiger charge is 2.24. The first-order valence-corrected chi connectivity index (χ1v) is 10.0. The molecule has 0 N–H and O–H groups in total. The number of piperidine rings is 1. The summed E-state index contributed by atoms with van der Waals surface area (Å²) in [7, 11) is 3.32. The Kier molecular flexibility index (Phi) is 5.11. The van der Waals surface area contributed by atoms with Crippen molar-refractivity contribution in [3.8, 4) is 22.8 Å². The molecule has 3 aromatic rings. The van der Waals surface area contributed by atoms with Crippen molar-refractivity contribution in [2.75, 3.05) is 25.7 Å². The third-order valence-electron chi connectivity index (χ3n) is 5.58.